The molecule has 1 aromatic carbocycles. The second kappa shape index (κ2) is 4.53. The minimum atomic E-state index is -0.350. The Hall–Kier alpha value is -1.22. The van der Waals surface area contributed by atoms with Gasteiger partial charge in [0.25, 0.3) is 0 Å². The van der Waals surface area contributed by atoms with Crippen molar-refractivity contribution in [1.82, 2.24) is 5.32 Å². The molecule has 0 radical (unpaired) electrons. The summed E-state index contributed by atoms with van der Waals surface area (Å²) in [4.78, 5) is 10.8. The lowest BCUT2D eigenvalue weighted by molar-refractivity contribution is 0.112. The van der Waals surface area contributed by atoms with Crippen LogP contribution in [0.15, 0.2) is 18.2 Å². The Labute approximate surface area is 88.5 Å². The fraction of sp³-hybridized carbons (Fsp3) is 0.417. The van der Waals surface area contributed by atoms with Gasteiger partial charge in [0.1, 0.15) is 12.1 Å². The van der Waals surface area contributed by atoms with Gasteiger partial charge in [-0.2, -0.15) is 0 Å². The third-order valence-electron chi connectivity index (χ3n) is 2.86. The molecule has 1 heterocycles. The summed E-state index contributed by atoms with van der Waals surface area (Å²) in [6, 6.07) is 4.64. The maximum atomic E-state index is 12.9. The molecular formula is C12H14FNO. The number of nitrogens with one attached hydrogen (secondary N) is 1. The van der Waals surface area contributed by atoms with Gasteiger partial charge < -0.3 is 5.32 Å². The molecule has 1 aliphatic heterocycles. The topological polar surface area (TPSA) is 29.1 Å². The van der Waals surface area contributed by atoms with Gasteiger partial charge in [0.05, 0.1) is 0 Å². The smallest absolute Gasteiger partial charge is 0.150 e. The van der Waals surface area contributed by atoms with E-state index in [9.17, 15) is 9.18 Å². The van der Waals surface area contributed by atoms with Crippen LogP contribution in [0.2, 0.25) is 0 Å². The summed E-state index contributed by atoms with van der Waals surface area (Å²) in [5.41, 5.74) is 1.39. The SMILES string of the molecule is O=Cc1cc(F)ccc1C1CCCCN1. The van der Waals surface area contributed by atoms with Crippen LogP contribution in [0.1, 0.15) is 41.2 Å². The molecule has 0 amide bonds. The number of aldehydes is 1. The van der Waals surface area contributed by atoms with E-state index in [1.54, 1.807) is 6.07 Å². The molecule has 1 unspecified atom stereocenters. The van der Waals surface area contributed by atoms with Crippen LogP contribution in [0.3, 0.4) is 0 Å². The van der Waals surface area contributed by atoms with Crippen LogP contribution in [0.4, 0.5) is 4.39 Å². The Kier molecular flexibility index (Phi) is 3.11. The van der Waals surface area contributed by atoms with Gasteiger partial charge in [0.15, 0.2) is 0 Å². The lowest BCUT2D eigenvalue weighted by Gasteiger charge is -2.24. The van der Waals surface area contributed by atoms with Crippen LogP contribution in [0.5, 0.6) is 0 Å². The van der Waals surface area contributed by atoms with Crippen molar-refractivity contribution in [3.63, 3.8) is 0 Å². The molecule has 0 aliphatic carbocycles. The van der Waals surface area contributed by atoms with E-state index in [0.29, 0.717) is 5.56 Å². The molecule has 15 heavy (non-hydrogen) atoms. The Morgan fingerprint density at radius 3 is 2.93 bits per heavy atom. The molecule has 2 nitrogen and oxygen atoms in total. The second-order valence-electron chi connectivity index (χ2n) is 3.89. The molecule has 0 spiro atoms. The van der Waals surface area contributed by atoms with E-state index in [1.807, 2.05) is 0 Å². The normalized spacial score (nSPS) is 21.3. The van der Waals surface area contributed by atoms with E-state index >= 15 is 0 Å². The summed E-state index contributed by atoms with van der Waals surface area (Å²) in [5.74, 6) is -0.350. The number of rotatable bonds is 2. The molecule has 2 rings (SSSR count). The highest BCUT2D eigenvalue weighted by Gasteiger charge is 2.17. The Morgan fingerprint density at radius 2 is 2.27 bits per heavy atom. The zero-order valence-electron chi connectivity index (χ0n) is 8.50. The van der Waals surface area contributed by atoms with Gasteiger partial charge in [-0.1, -0.05) is 12.5 Å². The van der Waals surface area contributed by atoms with Crippen molar-refractivity contribution in [3.05, 3.63) is 35.1 Å². The van der Waals surface area contributed by atoms with Gasteiger partial charge in [0.2, 0.25) is 0 Å². The Morgan fingerprint density at radius 1 is 1.40 bits per heavy atom. The summed E-state index contributed by atoms with van der Waals surface area (Å²) >= 11 is 0. The van der Waals surface area contributed by atoms with Crippen molar-refractivity contribution in [2.24, 2.45) is 0 Å². The minimum Gasteiger partial charge on any atom is -0.310 e. The molecule has 1 aromatic rings. The van der Waals surface area contributed by atoms with Crippen molar-refractivity contribution in [2.45, 2.75) is 25.3 Å². The Bertz CT molecular complexity index is 359. The van der Waals surface area contributed by atoms with Gasteiger partial charge in [-0.3, -0.25) is 4.79 Å². The average Bonchev–Trinajstić information content (AvgIpc) is 2.30. The third kappa shape index (κ3) is 2.23. The number of hydrogen-bond donors (Lipinski definition) is 1. The summed E-state index contributed by atoms with van der Waals surface area (Å²) in [6.45, 7) is 0.973. The van der Waals surface area contributed by atoms with E-state index in [0.717, 1.165) is 31.2 Å². The first-order chi connectivity index (χ1) is 7.31. The number of carbonyl (C=O) groups excluding carboxylic acids is 1. The van der Waals surface area contributed by atoms with E-state index in [1.165, 1.54) is 18.6 Å². The summed E-state index contributed by atoms with van der Waals surface area (Å²) in [6.07, 6.45) is 4.09. The second-order valence-corrected chi connectivity index (χ2v) is 3.89. The molecule has 1 fully saturated rings. The fourth-order valence-corrected chi connectivity index (χ4v) is 2.08. The highest BCUT2D eigenvalue weighted by molar-refractivity contribution is 5.77. The van der Waals surface area contributed by atoms with E-state index in [-0.39, 0.29) is 11.9 Å². The monoisotopic (exact) mass is 207 g/mol. The van der Waals surface area contributed by atoms with Crippen LogP contribution in [0, 0.1) is 5.82 Å². The molecule has 1 N–H and O–H groups in total. The summed E-state index contributed by atoms with van der Waals surface area (Å²) in [5, 5.41) is 3.35. The maximum absolute atomic E-state index is 12.9. The molecule has 0 bridgehead atoms. The summed E-state index contributed by atoms with van der Waals surface area (Å²) < 4.78 is 12.9. The van der Waals surface area contributed by atoms with Gasteiger partial charge >= 0.3 is 0 Å². The first-order valence-corrected chi connectivity index (χ1v) is 5.29. The zero-order valence-corrected chi connectivity index (χ0v) is 8.50. The average molecular weight is 207 g/mol. The number of piperidine rings is 1. The van der Waals surface area contributed by atoms with Crippen LogP contribution in [-0.2, 0) is 0 Å². The standard InChI is InChI=1S/C12H14FNO/c13-10-4-5-11(9(7-10)8-15)12-3-1-2-6-14-12/h4-5,7-8,12,14H,1-3,6H2. The fourth-order valence-electron chi connectivity index (χ4n) is 2.08. The molecule has 80 valence electrons. The van der Waals surface area contributed by atoms with E-state index in [2.05, 4.69) is 5.32 Å². The van der Waals surface area contributed by atoms with Gasteiger partial charge in [-0.05, 0) is 37.1 Å². The predicted molar refractivity (Wildman–Crippen MR) is 56.4 cm³/mol. The Balaban J connectivity index is 2.29. The predicted octanol–water partition coefficient (Wildman–Crippen LogP) is 2.45. The van der Waals surface area contributed by atoms with Crippen molar-refractivity contribution < 1.29 is 9.18 Å². The highest BCUT2D eigenvalue weighted by Crippen LogP contribution is 2.25. The van der Waals surface area contributed by atoms with Crippen molar-refractivity contribution in [2.75, 3.05) is 6.54 Å². The molecular weight excluding hydrogens is 193 g/mol. The number of benzene rings is 1. The van der Waals surface area contributed by atoms with Crippen molar-refractivity contribution >= 4 is 6.29 Å². The zero-order chi connectivity index (χ0) is 10.7. The number of halogens is 1. The largest absolute Gasteiger partial charge is 0.310 e. The van der Waals surface area contributed by atoms with Crippen LogP contribution in [-0.4, -0.2) is 12.8 Å². The minimum absolute atomic E-state index is 0.208. The molecule has 1 aliphatic rings. The van der Waals surface area contributed by atoms with Gasteiger partial charge in [-0.15, -0.1) is 0 Å². The van der Waals surface area contributed by atoms with Gasteiger partial charge in [0, 0.05) is 11.6 Å². The lowest BCUT2D eigenvalue weighted by Crippen LogP contribution is -2.27. The van der Waals surface area contributed by atoms with Crippen LogP contribution >= 0.6 is 0 Å². The van der Waals surface area contributed by atoms with E-state index < -0.39 is 0 Å². The van der Waals surface area contributed by atoms with Gasteiger partial charge in [-0.25, -0.2) is 4.39 Å². The van der Waals surface area contributed by atoms with Crippen molar-refractivity contribution in [3.8, 4) is 0 Å². The number of carbonyl (C=O) groups is 1. The molecule has 1 atom stereocenters. The molecule has 0 aromatic heterocycles. The van der Waals surface area contributed by atoms with E-state index in [4.69, 9.17) is 0 Å². The molecule has 1 saturated heterocycles. The summed E-state index contributed by atoms with van der Waals surface area (Å²) in [7, 11) is 0. The highest BCUT2D eigenvalue weighted by atomic mass is 19.1. The molecule has 3 heteroatoms. The number of hydrogen-bond acceptors (Lipinski definition) is 2. The molecule has 0 saturated carbocycles. The van der Waals surface area contributed by atoms with Crippen LogP contribution in [0.25, 0.3) is 0 Å². The third-order valence-corrected chi connectivity index (χ3v) is 2.86. The first-order valence-electron chi connectivity index (χ1n) is 5.29. The van der Waals surface area contributed by atoms with Crippen LogP contribution < -0.4 is 5.32 Å². The first kappa shape index (κ1) is 10.3. The van der Waals surface area contributed by atoms with Crippen molar-refractivity contribution in [1.29, 1.82) is 0 Å². The maximum Gasteiger partial charge on any atom is 0.150 e. The quantitative estimate of drug-likeness (QED) is 0.755. The lowest BCUT2D eigenvalue weighted by atomic mass is 9.94.